The second-order valence-corrected chi connectivity index (χ2v) is 14.8. The third-order valence-electron chi connectivity index (χ3n) is 6.64. The van der Waals surface area contributed by atoms with E-state index in [9.17, 15) is 4.57 Å². The summed E-state index contributed by atoms with van der Waals surface area (Å²) in [5.41, 5.74) is 3.09. The Hall–Kier alpha value is -4.08. The third kappa shape index (κ3) is 5.67. The summed E-state index contributed by atoms with van der Waals surface area (Å²) in [7, 11) is 0.425. The van der Waals surface area contributed by atoms with Crippen LogP contribution in [-0.2, 0) is 17.0 Å². The molecule has 10 nitrogen and oxygen atoms in total. The Morgan fingerprint density at radius 3 is 2.45 bits per heavy atom. The summed E-state index contributed by atoms with van der Waals surface area (Å²) >= 11 is 6.48. The lowest BCUT2D eigenvalue weighted by atomic mass is 9.81. The molecule has 5 rings (SSSR count). The smallest absolute Gasteiger partial charge is 0.229 e. The fourth-order valence-electron chi connectivity index (χ4n) is 4.75. The maximum atomic E-state index is 16.4. The van der Waals surface area contributed by atoms with Crippen LogP contribution in [-0.4, -0.2) is 50.2 Å². The Bertz CT molecular complexity index is 1870. The molecule has 0 unspecified atom stereocenters. The average Bonchev–Trinajstić information content (AvgIpc) is 3.35. The van der Waals surface area contributed by atoms with E-state index in [2.05, 4.69) is 35.7 Å². The number of ether oxygens (including phenoxy) is 1. The SMILES string of the molecule is COc1cc(C(C)(C)C)c(-c2cnn(C)c2)c(F)c1Nc1ncc(Cl)c(Nc2ccc3nccnc3c2P(C)(C)=O)n1. The molecule has 0 spiro atoms. The van der Waals surface area contributed by atoms with Crippen molar-refractivity contribution < 1.29 is 13.7 Å². The Kier molecular flexibility index (Phi) is 7.68. The normalized spacial score (nSPS) is 12.0. The van der Waals surface area contributed by atoms with Crippen LogP contribution in [0.2, 0.25) is 5.02 Å². The standard InChI is InChI=1S/C29H31ClFN8O2P/c1-29(2,3)17-12-21(41-5)25(23(31)22(17)16-13-35-39(4)15-16)37-28-34-14-18(30)27(38-28)36-20-9-8-19-24(33-11-10-32-19)26(20)42(6,7)40/h8-15H,1-7H3,(H2,34,36,37,38). The predicted octanol–water partition coefficient (Wildman–Crippen LogP) is 6.65. The molecule has 2 aromatic carbocycles. The molecule has 0 fully saturated rings. The highest BCUT2D eigenvalue weighted by Gasteiger charge is 2.28. The van der Waals surface area contributed by atoms with Gasteiger partial charge in [0.1, 0.15) is 29.1 Å². The van der Waals surface area contributed by atoms with Crippen molar-refractivity contribution in [3.05, 3.63) is 65.6 Å². The Labute approximate surface area is 248 Å². The van der Waals surface area contributed by atoms with E-state index in [0.717, 1.165) is 5.56 Å². The first-order valence-corrected chi connectivity index (χ1v) is 16.0. The first-order chi connectivity index (χ1) is 19.8. The molecule has 0 aliphatic carbocycles. The molecule has 13 heteroatoms. The van der Waals surface area contributed by atoms with Crippen molar-refractivity contribution in [2.45, 2.75) is 26.2 Å². The van der Waals surface area contributed by atoms with Gasteiger partial charge in [0.2, 0.25) is 5.95 Å². The maximum absolute atomic E-state index is 16.4. The van der Waals surface area contributed by atoms with Crippen LogP contribution in [0.3, 0.4) is 0 Å². The second kappa shape index (κ2) is 11.0. The van der Waals surface area contributed by atoms with Crippen molar-refractivity contribution in [1.29, 1.82) is 0 Å². The maximum Gasteiger partial charge on any atom is 0.229 e. The summed E-state index contributed by atoms with van der Waals surface area (Å²) in [5.74, 6) is 0.0448. The summed E-state index contributed by atoms with van der Waals surface area (Å²) in [6, 6.07) is 5.34. The van der Waals surface area contributed by atoms with Crippen LogP contribution in [0.5, 0.6) is 5.75 Å². The summed E-state index contributed by atoms with van der Waals surface area (Å²) in [6.45, 7) is 9.34. The quantitative estimate of drug-likeness (QED) is 0.196. The van der Waals surface area contributed by atoms with Crippen LogP contribution >= 0.6 is 18.7 Å². The Morgan fingerprint density at radius 2 is 1.81 bits per heavy atom. The van der Waals surface area contributed by atoms with Gasteiger partial charge < -0.3 is 19.9 Å². The van der Waals surface area contributed by atoms with Gasteiger partial charge in [-0.05, 0) is 42.5 Å². The number of nitrogens with one attached hydrogen (secondary N) is 2. The summed E-state index contributed by atoms with van der Waals surface area (Å²) < 4.78 is 37.0. The zero-order chi connectivity index (χ0) is 30.4. The topological polar surface area (TPSA) is 120 Å². The van der Waals surface area contributed by atoms with Crippen molar-refractivity contribution in [2.75, 3.05) is 31.1 Å². The first kappa shape index (κ1) is 29.4. The van der Waals surface area contributed by atoms with Crippen LogP contribution in [0.15, 0.2) is 49.2 Å². The lowest BCUT2D eigenvalue weighted by Crippen LogP contribution is -2.16. The summed E-state index contributed by atoms with van der Waals surface area (Å²) in [4.78, 5) is 17.6. The largest absolute Gasteiger partial charge is 0.494 e. The molecule has 0 saturated heterocycles. The second-order valence-electron chi connectivity index (χ2n) is 11.2. The fraction of sp³-hybridized carbons (Fsp3) is 0.276. The zero-order valence-corrected chi connectivity index (χ0v) is 26.0. The number of rotatable bonds is 7. The number of benzene rings is 2. The van der Waals surface area contributed by atoms with Crippen molar-refractivity contribution in [1.82, 2.24) is 29.7 Å². The van der Waals surface area contributed by atoms with Crippen molar-refractivity contribution in [3.63, 3.8) is 0 Å². The minimum Gasteiger partial charge on any atom is -0.494 e. The van der Waals surface area contributed by atoms with E-state index in [-0.39, 0.29) is 28.2 Å². The number of halogens is 2. The average molecular weight is 609 g/mol. The predicted molar refractivity (Wildman–Crippen MR) is 166 cm³/mol. The molecule has 0 atom stereocenters. The zero-order valence-electron chi connectivity index (χ0n) is 24.3. The summed E-state index contributed by atoms with van der Waals surface area (Å²) in [6.07, 6.45) is 7.91. The monoisotopic (exact) mass is 608 g/mol. The van der Waals surface area contributed by atoms with Gasteiger partial charge in [-0.25, -0.2) is 9.37 Å². The van der Waals surface area contributed by atoms with Crippen LogP contribution in [0, 0.1) is 5.82 Å². The molecule has 5 aromatic rings. The lowest BCUT2D eigenvalue weighted by molar-refractivity contribution is 0.411. The molecule has 0 saturated carbocycles. The van der Waals surface area contributed by atoms with E-state index < -0.39 is 18.4 Å². The Balaban J connectivity index is 1.60. The molecule has 0 bridgehead atoms. The number of aromatic nitrogens is 6. The van der Waals surface area contributed by atoms with E-state index in [0.29, 0.717) is 33.2 Å². The van der Waals surface area contributed by atoms with Gasteiger partial charge in [-0.15, -0.1) is 0 Å². The number of anilines is 4. The lowest BCUT2D eigenvalue weighted by Gasteiger charge is -2.26. The van der Waals surface area contributed by atoms with Gasteiger partial charge in [-0.3, -0.25) is 14.6 Å². The molecule has 218 valence electrons. The van der Waals surface area contributed by atoms with Crippen molar-refractivity contribution >= 4 is 58.2 Å². The molecule has 0 amide bonds. The van der Waals surface area contributed by atoms with Crippen molar-refractivity contribution in [2.24, 2.45) is 7.05 Å². The van der Waals surface area contributed by atoms with E-state index in [1.807, 2.05) is 26.8 Å². The number of fused-ring (bicyclic) bond motifs is 1. The number of nitrogens with zero attached hydrogens (tertiary/aromatic N) is 6. The molecule has 3 aromatic heterocycles. The summed E-state index contributed by atoms with van der Waals surface area (Å²) in [5, 5.41) is 11.1. The highest BCUT2D eigenvalue weighted by Crippen LogP contribution is 2.44. The molecule has 3 heterocycles. The fourth-order valence-corrected chi connectivity index (χ4v) is 6.28. The van der Waals surface area contributed by atoms with E-state index in [1.54, 1.807) is 62.0 Å². The van der Waals surface area contributed by atoms with Gasteiger partial charge in [-0.2, -0.15) is 10.1 Å². The van der Waals surface area contributed by atoms with E-state index in [1.165, 1.54) is 13.3 Å². The molecular formula is C29H31ClFN8O2P. The van der Waals surface area contributed by atoms with Gasteiger partial charge in [0.15, 0.2) is 11.6 Å². The van der Waals surface area contributed by atoms with Crippen LogP contribution in [0.25, 0.3) is 22.2 Å². The van der Waals surface area contributed by atoms with E-state index in [4.69, 9.17) is 16.3 Å². The van der Waals surface area contributed by atoms with Gasteiger partial charge >= 0.3 is 0 Å². The van der Waals surface area contributed by atoms with Crippen LogP contribution < -0.4 is 20.7 Å². The van der Waals surface area contributed by atoms with Gasteiger partial charge in [0.05, 0.1) is 36.0 Å². The highest BCUT2D eigenvalue weighted by molar-refractivity contribution is 7.71. The minimum absolute atomic E-state index is 0.0610. The van der Waals surface area contributed by atoms with Crippen LogP contribution in [0.1, 0.15) is 26.3 Å². The highest BCUT2D eigenvalue weighted by atomic mass is 35.5. The van der Waals surface area contributed by atoms with Crippen molar-refractivity contribution in [3.8, 4) is 16.9 Å². The van der Waals surface area contributed by atoms with Gasteiger partial charge in [0.25, 0.3) is 0 Å². The van der Waals surface area contributed by atoms with Gasteiger partial charge in [-0.1, -0.05) is 32.4 Å². The Morgan fingerprint density at radius 1 is 1.07 bits per heavy atom. The third-order valence-corrected chi connectivity index (χ3v) is 8.44. The molecule has 0 radical (unpaired) electrons. The molecule has 42 heavy (non-hydrogen) atoms. The molecule has 0 aliphatic heterocycles. The van der Waals surface area contributed by atoms with Gasteiger partial charge in [0, 0.05) is 36.8 Å². The minimum atomic E-state index is -2.83. The van der Waals surface area contributed by atoms with E-state index >= 15 is 4.39 Å². The number of aryl methyl sites for hydroxylation is 1. The molecule has 0 aliphatic rings. The first-order valence-electron chi connectivity index (χ1n) is 13.0. The number of methoxy groups -OCH3 is 1. The number of hydrogen-bond acceptors (Lipinski definition) is 9. The van der Waals surface area contributed by atoms with Crippen LogP contribution in [0.4, 0.5) is 27.5 Å². The molecule has 2 N–H and O–H groups in total. The number of hydrogen-bond donors (Lipinski definition) is 2. The molecular weight excluding hydrogens is 578 g/mol.